The summed E-state index contributed by atoms with van der Waals surface area (Å²) < 4.78 is 15.6. The summed E-state index contributed by atoms with van der Waals surface area (Å²) in [6.45, 7) is 4.67. The van der Waals surface area contributed by atoms with Gasteiger partial charge in [-0.15, -0.1) is 0 Å². The summed E-state index contributed by atoms with van der Waals surface area (Å²) in [6, 6.07) is 0. The number of methoxy groups -OCH3 is 1. The quantitative estimate of drug-likeness (QED) is 0.532. The number of aliphatic hydroxyl groups is 1. The molecule has 2 N–H and O–H groups in total. The highest BCUT2D eigenvalue weighted by molar-refractivity contribution is 4.64. The van der Waals surface area contributed by atoms with Gasteiger partial charge in [-0.2, -0.15) is 0 Å². The van der Waals surface area contributed by atoms with Crippen LogP contribution in [0.2, 0.25) is 0 Å². The third-order valence-electron chi connectivity index (χ3n) is 2.55. The molecule has 1 heterocycles. The molecule has 16 heavy (non-hydrogen) atoms. The molecule has 0 bridgehead atoms. The maximum absolute atomic E-state index is 9.56. The third-order valence-corrected chi connectivity index (χ3v) is 2.55. The Hall–Kier alpha value is -0.200. The van der Waals surface area contributed by atoms with Crippen molar-refractivity contribution in [2.75, 3.05) is 53.2 Å². The lowest BCUT2D eigenvalue weighted by Gasteiger charge is -2.14. The first kappa shape index (κ1) is 13.9. The number of ether oxygens (including phenoxy) is 3. The van der Waals surface area contributed by atoms with Crippen molar-refractivity contribution in [3.63, 3.8) is 0 Å². The van der Waals surface area contributed by atoms with Crippen molar-refractivity contribution in [3.05, 3.63) is 0 Å². The second-order valence-corrected chi connectivity index (χ2v) is 4.12. The Morgan fingerprint density at radius 2 is 2.44 bits per heavy atom. The molecule has 5 nitrogen and oxygen atoms in total. The van der Waals surface area contributed by atoms with Crippen LogP contribution in [0.5, 0.6) is 0 Å². The van der Waals surface area contributed by atoms with E-state index in [1.165, 1.54) is 0 Å². The van der Waals surface area contributed by atoms with Gasteiger partial charge in [0.05, 0.1) is 32.5 Å². The predicted molar refractivity (Wildman–Crippen MR) is 60.5 cm³/mol. The standard InChI is InChI=1S/C11H23NO4/c1-14-5-3-12-6-11(13)9-16-8-10-2-4-15-7-10/h10-13H,2-9H2,1H3. The first-order valence-corrected chi connectivity index (χ1v) is 5.86. The number of aliphatic hydroxyl groups excluding tert-OH is 1. The summed E-state index contributed by atoms with van der Waals surface area (Å²) >= 11 is 0. The van der Waals surface area contributed by atoms with Crippen LogP contribution >= 0.6 is 0 Å². The van der Waals surface area contributed by atoms with Gasteiger partial charge in [-0.05, 0) is 6.42 Å². The van der Waals surface area contributed by atoms with Gasteiger partial charge in [0.2, 0.25) is 0 Å². The first-order chi connectivity index (χ1) is 7.83. The predicted octanol–water partition coefficient (Wildman–Crippen LogP) is -0.364. The van der Waals surface area contributed by atoms with Crippen molar-refractivity contribution in [3.8, 4) is 0 Å². The smallest absolute Gasteiger partial charge is 0.0897 e. The fourth-order valence-electron chi connectivity index (χ4n) is 1.59. The normalized spacial score (nSPS) is 22.5. The van der Waals surface area contributed by atoms with Crippen LogP contribution in [0.25, 0.3) is 0 Å². The molecular weight excluding hydrogens is 210 g/mol. The van der Waals surface area contributed by atoms with Crippen molar-refractivity contribution >= 4 is 0 Å². The summed E-state index contributed by atoms with van der Waals surface area (Å²) in [6.07, 6.45) is 0.626. The molecule has 0 radical (unpaired) electrons. The zero-order chi connectivity index (χ0) is 11.6. The Bertz CT molecular complexity index is 162. The van der Waals surface area contributed by atoms with E-state index in [0.717, 1.165) is 26.2 Å². The fraction of sp³-hybridized carbons (Fsp3) is 1.00. The van der Waals surface area contributed by atoms with Gasteiger partial charge in [0, 0.05) is 32.7 Å². The molecule has 5 heteroatoms. The van der Waals surface area contributed by atoms with Gasteiger partial charge in [0.25, 0.3) is 0 Å². The summed E-state index contributed by atoms with van der Waals surface area (Å²) in [7, 11) is 1.66. The maximum Gasteiger partial charge on any atom is 0.0897 e. The minimum absolute atomic E-state index is 0.385. The van der Waals surface area contributed by atoms with Crippen LogP contribution in [0, 0.1) is 5.92 Å². The average molecular weight is 233 g/mol. The molecule has 1 aliphatic heterocycles. The molecule has 0 aromatic carbocycles. The Morgan fingerprint density at radius 3 is 3.12 bits per heavy atom. The van der Waals surface area contributed by atoms with Crippen LogP contribution in [-0.4, -0.2) is 64.4 Å². The highest BCUT2D eigenvalue weighted by atomic mass is 16.5. The monoisotopic (exact) mass is 233 g/mol. The molecule has 1 fully saturated rings. The van der Waals surface area contributed by atoms with Crippen molar-refractivity contribution in [1.82, 2.24) is 5.32 Å². The van der Waals surface area contributed by atoms with E-state index in [0.29, 0.717) is 32.3 Å². The number of hydrogen-bond donors (Lipinski definition) is 2. The molecule has 0 aliphatic carbocycles. The Balaban J connectivity index is 1.87. The highest BCUT2D eigenvalue weighted by Crippen LogP contribution is 2.12. The van der Waals surface area contributed by atoms with E-state index in [1.807, 2.05) is 0 Å². The lowest BCUT2D eigenvalue weighted by Crippen LogP contribution is -2.32. The molecule has 2 atom stereocenters. The number of nitrogens with one attached hydrogen (secondary N) is 1. The molecule has 0 aromatic heterocycles. The Kier molecular flexibility index (Phi) is 7.71. The minimum atomic E-state index is -0.445. The van der Waals surface area contributed by atoms with E-state index in [-0.39, 0.29) is 0 Å². The van der Waals surface area contributed by atoms with E-state index in [9.17, 15) is 5.11 Å². The molecule has 1 aliphatic rings. The van der Waals surface area contributed by atoms with Crippen LogP contribution in [0.4, 0.5) is 0 Å². The van der Waals surface area contributed by atoms with Crippen LogP contribution in [0.3, 0.4) is 0 Å². The molecule has 1 rings (SSSR count). The molecule has 0 aromatic rings. The molecule has 0 saturated carbocycles. The lowest BCUT2D eigenvalue weighted by molar-refractivity contribution is 0.0192. The summed E-state index contributed by atoms with van der Waals surface area (Å²) in [5.74, 6) is 0.508. The lowest BCUT2D eigenvalue weighted by atomic mass is 10.1. The van der Waals surface area contributed by atoms with Gasteiger partial charge < -0.3 is 24.6 Å². The van der Waals surface area contributed by atoms with Gasteiger partial charge in [0.15, 0.2) is 0 Å². The topological polar surface area (TPSA) is 60.0 Å². The Morgan fingerprint density at radius 1 is 1.56 bits per heavy atom. The minimum Gasteiger partial charge on any atom is -0.389 e. The Labute approximate surface area is 97.1 Å². The van der Waals surface area contributed by atoms with Crippen LogP contribution in [0.1, 0.15) is 6.42 Å². The maximum atomic E-state index is 9.56. The van der Waals surface area contributed by atoms with Gasteiger partial charge in [-0.3, -0.25) is 0 Å². The third kappa shape index (κ3) is 6.40. The number of hydrogen-bond acceptors (Lipinski definition) is 5. The largest absolute Gasteiger partial charge is 0.389 e. The zero-order valence-electron chi connectivity index (χ0n) is 9.98. The van der Waals surface area contributed by atoms with Crippen LogP contribution in [0.15, 0.2) is 0 Å². The van der Waals surface area contributed by atoms with E-state index in [4.69, 9.17) is 14.2 Å². The molecule has 1 saturated heterocycles. The summed E-state index contributed by atoms with van der Waals surface area (Å²) in [5.41, 5.74) is 0. The van der Waals surface area contributed by atoms with Gasteiger partial charge in [-0.25, -0.2) is 0 Å². The van der Waals surface area contributed by atoms with Gasteiger partial charge in [0.1, 0.15) is 0 Å². The van der Waals surface area contributed by atoms with Crippen molar-refractivity contribution in [1.29, 1.82) is 0 Å². The fourth-order valence-corrected chi connectivity index (χ4v) is 1.59. The molecule has 0 spiro atoms. The summed E-state index contributed by atoms with van der Waals surface area (Å²) in [5, 5.41) is 12.6. The van der Waals surface area contributed by atoms with Crippen molar-refractivity contribution < 1.29 is 19.3 Å². The van der Waals surface area contributed by atoms with Gasteiger partial charge >= 0.3 is 0 Å². The first-order valence-electron chi connectivity index (χ1n) is 5.86. The molecule has 2 unspecified atom stereocenters. The van der Waals surface area contributed by atoms with E-state index < -0.39 is 6.10 Å². The SMILES string of the molecule is COCCNCC(O)COCC1CCOC1. The molecule has 96 valence electrons. The van der Waals surface area contributed by atoms with Crippen LogP contribution < -0.4 is 5.32 Å². The van der Waals surface area contributed by atoms with E-state index in [2.05, 4.69) is 5.32 Å². The summed E-state index contributed by atoms with van der Waals surface area (Å²) in [4.78, 5) is 0. The molecular formula is C11H23NO4. The second-order valence-electron chi connectivity index (χ2n) is 4.12. The van der Waals surface area contributed by atoms with E-state index in [1.54, 1.807) is 7.11 Å². The van der Waals surface area contributed by atoms with Crippen molar-refractivity contribution in [2.45, 2.75) is 12.5 Å². The zero-order valence-corrected chi connectivity index (χ0v) is 9.98. The van der Waals surface area contributed by atoms with Crippen LogP contribution in [-0.2, 0) is 14.2 Å². The van der Waals surface area contributed by atoms with Gasteiger partial charge in [-0.1, -0.05) is 0 Å². The van der Waals surface area contributed by atoms with E-state index >= 15 is 0 Å². The molecule has 0 amide bonds. The highest BCUT2D eigenvalue weighted by Gasteiger charge is 2.16. The second kappa shape index (κ2) is 8.90. The number of rotatable bonds is 9. The van der Waals surface area contributed by atoms with Crippen molar-refractivity contribution in [2.24, 2.45) is 5.92 Å². The average Bonchev–Trinajstić information content (AvgIpc) is 2.77.